The van der Waals surface area contributed by atoms with Crippen molar-refractivity contribution in [1.82, 2.24) is 5.32 Å². The van der Waals surface area contributed by atoms with Gasteiger partial charge >= 0.3 is 0 Å². The lowest BCUT2D eigenvalue weighted by Crippen LogP contribution is -2.43. The number of nitrogens with one attached hydrogen (secondary N) is 2. The van der Waals surface area contributed by atoms with Crippen molar-refractivity contribution in [1.29, 1.82) is 0 Å². The van der Waals surface area contributed by atoms with Gasteiger partial charge in [0.25, 0.3) is 0 Å². The maximum Gasteiger partial charge on any atom is 0.0348 e. The average molecular weight is 282 g/mol. The Morgan fingerprint density at radius 1 is 1.14 bits per heavy atom. The van der Waals surface area contributed by atoms with Gasteiger partial charge in [-0.15, -0.1) is 0 Å². The van der Waals surface area contributed by atoms with E-state index < -0.39 is 0 Å². The Labute approximate surface area is 127 Å². The van der Waals surface area contributed by atoms with E-state index in [2.05, 4.69) is 60.0 Å². The van der Waals surface area contributed by atoms with Crippen LogP contribution in [0.4, 0.5) is 5.69 Å². The maximum absolute atomic E-state index is 3.79. The molecular weight excluding hydrogens is 256 g/mol. The standard InChI is InChI=1S/C19H26N2/c1-2-3-6-17-14-20-12-11-19(17)21-18-10-9-15-7-4-5-8-16(15)13-18/h4-5,7-10,13,17,19-21H,2-3,6,11-12,14H2,1H3. The lowest BCUT2D eigenvalue weighted by Gasteiger charge is -2.33. The molecule has 2 atom stereocenters. The predicted octanol–water partition coefficient (Wildman–Crippen LogP) is 4.42. The third-order valence-corrected chi connectivity index (χ3v) is 4.64. The van der Waals surface area contributed by atoms with Crippen molar-refractivity contribution in [2.24, 2.45) is 5.92 Å². The minimum Gasteiger partial charge on any atom is -0.382 e. The molecule has 1 fully saturated rings. The number of hydrogen-bond donors (Lipinski definition) is 2. The number of benzene rings is 2. The minimum absolute atomic E-state index is 0.610. The first-order chi connectivity index (χ1) is 10.4. The van der Waals surface area contributed by atoms with Gasteiger partial charge in [-0.2, -0.15) is 0 Å². The summed E-state index contributed by atoms with van der Waals surface area (Å²) in [5.74, 6) is 0.755. The normalized spacial score (nSPS) is 22.3. The Bertz CT molecular complexity index is 579. The van der Waals surface area contributed by atoms with Crippen LogP contribution in [0.1, 0.15) is 32.6 Å². The van der Waals surface area contributed by atoms with Crippen molar-refractivity contribution >= 4 is 16.5 Å². The van der Waals surface area contributed by atoms with Gasteiger partial charge in [-0.25, -0.2) is 0 Å². The second-order valence-corrected chi connectivity index (χ2v) is 6.21. The molecule has 2 heteroatoms. The summed E-state index contributed by atoms with van der Waals surface area (Å²) in [4.78, 5) is 0. The number of rotatable bonds is 5. The molecule has 1 saturated heterocycles. The van der Waals surface area contributed by atoms with Crippen LogP contribution in [0.3, 0.4) is 0 Å². The highest BCUT2D eigenvalue weighted by Gasteiger charge is 2.24. The molecule has 2 N–H and O–H groups in total. The zero-order valence-corrected chi connectivity index (χ0v) is 12.9. The summed E-state index contributed by atoms with van der Waals surface area (Å²) in [5.41, 5.74) is 1.27. The summed E-state index contributed by atoms with van der Waals surface area (Å²) >= 11 is 0. The van der Waals surface area contributed by atoms with Gasteiger partial charge in [-0.05, 0) is 54.8 Å². The highest BCUT2D eigenvalue weighted by atomic mass is 15.0. The van der Waals surface area contributed by atoms with Crippen molar-refractivity contribution < 1.29 is 0 Å². The van der Waals surface area contributed by atoms with E-state index in [1.165, 1.54) is 42.1 Å². The predicted molar refractivity (Wildman–Crippen MR) is 91.9 cm³/mol. The molecule has 2 nitrogen and oxygen atoms in total. The fourth-order valence-corrected chi connectivity index (χ4v) is 3.38. The molecule has 1 heterocycles. The molecule has 3 rings (SSSR count). The van der Waals surface area contributed by atoms with Crippen molar-refractivity contribution in [3.05, 3.63) is 42.5 Å². The number of fused-ring (bicyclic) bond motifs is 1. The van der Waals surface area contributed by atoms with E-state index >= 15 is 0 Å². The first-order valence-electron chi connectivity index (χ1n) is 8.33. The first kappa shape index (κ1) is 14.4. The summed E-state index contributed by atoms with van der Waals surface area (Å²) in [7, 11) is 0. The zero-order valence-electron chi connectivity index (χ0n) is 12.9. The second-order valence-electron chi connectivity index (χ2n) is 6.21. The van der Waals surface area contributed by atoms with E-state index in [4.69, 9.17) is 0 Å². The Kier molecular flexibility index (Phi) is 4.76. The molecule has 0 bridgehead atoms. The van der Waals surface area contributed by atoms with Gasteiger partial charge in [0, 0.05) is 11.7 Å². The van der Waals surface area contributed by atoms with Crippen LogP contribution in [0.25, 0.3) is 10.8 Å². The topological polar surface area (TPSA) is 24.1 Å². The summed E-state index contributed by atoms with van der Waals surface area (Å²) < 4.78 is 0. The Morgan fingerprint density at radius 2 is 2.00 bits per heavy atom. The largest absolute Gasteiger partial charge is 0.382 e. The number of unbranched alkanes of at least 4 members (excludes halogenated alkanes) is 1. The molecule has 0 radical (unpaired) electrons. The van der Waals surface area contributed by atoms with E-state index in [1.54, 1.807) is 0 Å². The van der Waals surface area contributed by atoms with E-state index in [-0.39, 0.29) is 0 Å². The molecule has 0 aromatic heterocycles. The minimum atomic E-state index is 0.610. The van der Waals surface area contributed by atoms with Crippen LogP contribution in [0, 0.1) is 5.92 Å². The molecule has 21 heavy (non-hydrogen) atoms. The molecule has 1 aliphatic heterocycles. The highest BCUT2D eigenvalue weighted by molar-refractivity contribution is 5.85. The van der Waals surface area contributed by atoms with E-state index in [0.717, 1.165) is 19.0 Å². The summed E-state index contributed by atoms with van der Waals surface area (Å²) in [5, 5.41) is 9.98. The van der Waals surface area contributed by atoms with Crippen LogP contribution < -0.4 is 10.6 Å². The number of piperidine rings is 1. The summed E-state index contributed by atoms with van der Waals surface area (Å²) in [6.07, 6.45) is 5.18. The Morgan fingerprint density at radius 3 is 2.86 bits per heavy atom. The first-order valence-corrected chi connectivity index (χ1v) is 8.33. The summed E-state index contributed by atoms with van der Waals surface area (Å²) in [6.45, 7) is 4.57. The third kappa shape index (κ3) is 3.56. The fraction of sp³-hybridized carbons (Fsp3) is 0.474. The smallest absolute Gasteiger partial charge is 0.0348 e. The zero-order chi connectivity index (χ0) is 14.5. The average Bonchev–Trinajstić information content (AvgIpc) is 2.54. The van der Waals surface area contributed by atoms with Gasteiger partial charge in [0.1, 0.15) is 0 Å². The molecule has 2 aromatic carbocycles. The molecule has 0 aliphatic carbocycles. The molecule has 2 aromatic rings. The van der Waals surface area contributed by atoms with Gasteiger partial charge in [-0.1, -0.05) is 50.1 Å². The van der Waals surface area contributed by atoms with Crippen LogP contribution in [0.15, 0.2) is 42.5 Å². The molecule has 0 saturated carbocycles. The van der Waals surface area contributed by atoms with Crippen molar-refractivity contribution in [2.75, 3.05) is 18.4 Å². The lowest BCUT2D eigenvalue weighted by molar-refractivity contribution is 0.319. The molecule has 112 valence electrons. The summed E-state index contributed by atoms with van der Waals surface area (Å²) in [6, 6.07) is 15.9. The lowest BCUT2D eigenvalue weighted by atomic mass is 9.88. The number of anilines is 1. The Hall–Kier alpha value is -1.54. The van der Waals surface area contributed by atoms with Crippen molar-refractivity contribution in [3.63, 3.8) is 0 Å². The molecular formula is C19H26N2. The quantitative estimate of drug-likeness (QED) is 0.848. The Balaban J connectivity index is 1.72. The monoisotopic (exact) mass is 282 g/mol. The SMILES string of the molecule is CCCCC1CNCCC1Nc1ccc2ccccc2c1. The van der Waals surface area contributed by atoms with Crippen LogP contribution >= 0.6 is 0 Å². The van der Waals surface area contributed by atoms with E-state index in [9.17, 15) is 0 Å². The molecule has 0 amide bonds. The van der Waals surface area contributed by atoms with Gasteiger partial charge in [-0.3, -0.25) is 0 Å². The van der Waals surface area contributed by atoms with Crippen molar-refractivity contribution in [3.8, 4) is 0 Å². The van der Waals surface area contributed by atoms with Gasteiger partial charge in [0.15, 0.2) is 0 Å². The van der Waals surface area contributed by atoms with Gasteiger partial charge in [0.05, 0.1) is 0 Å². The second kappa shape index (κ2) is 6.95. The van der Waals surface area contributed by atoms with E-state index in [0.29, 0.717) is 6.04 Å². The third-order valence-electron chi connectivity index (χ3n) is 4.64. The van der Waals surface area contributed by atoms with Gasteiger partial charge in [0.2, 0.25) is 0 Å². The van der Waals surface area contributed by atoms with E-state index in [1.807, 2.05) is 0 Å². The number of hydrogen-bond acceptors (Lipinski definition) is 2. The van der Waals surface area contributed by atoms with Gasteiger partial charge < -0.3 is 10.6 Å². The maximum atomic E-state index is 3.79. The van der Waals surface area contributed by atoms with Crippen LogP contribution in [-0.4, -0.2) is 19.1 Å². The van der Waals surface area contributed by atoms with Crippen LogP contribution in [0.5, 0.6) is 0 Å². The molecule has 2 unspecified atom stereocenters. The fourth-order valence-electron chi connectivity index (χ4n) is 3.38. The van der Waals surface area contributed by atoms with Crippen LogP contribution in [-0.2, 0) is 0 Å². The highest BCUT2D eigenvalue weighted by Crippen LogP contribution is 2.24. The van der Waals surface area contributed by atoms with Crippen LogP contribution in [0.2, 0.25) is 0 Å². The molecule has 0 spiro atoms. The van der Waals surface area contributed by atoms with Crippen molar-refractivity contribution in [2.45, 2.75) is 38.6 Å². The molecule has 1 aliphatic rings.